The first-order chi connectivity index (χ1) is 6.15. The fourth-order valence-electron chi connectivity index (χ4n) is 0.991. The second-order valence-electron chi connectivity index (χ2n) is 2.78. The molecule has 0 radical (unpaired) electrons. The highest BCUT2D eigenvalue weighted by atomic mass is 19.1. The Morgan fingerprint density at radius 1 is 1.38 bits per heavy atom. The molecule has 0 aliphatic carbocycles. The van der Waals surface area contributed by atoms with Gasteiger partial charge >= 0.3 is 0 Å². The summed E-state index contributed by atoms with van der Waals surface area (Å²) in [6, 6.07) is 1.96. The summed E-state index contributed by atoms with van der Waals surface area (Å²) >= 11 is 0. The van der Waals surface area contributed by atoms with E-state index in [1.54, 1.807) is 0 Å². The number of nitrogens with one attached hydrogen (secondary N) is 1. The molecule has 13 heavy (non-hydrogen) atoms. The molecular weight excluding hydrogens is 174 g/mol. The molecule has 0 amide bonds. The van der Waals surface area contributed by atoms with Crippen molar-refractivity contribution >= 4 is 11.4 Å². The first-order valence-corrected chi connectivity index (χ1v) is 4.13. The number of benzene rings is 1. The first kappa shape index (κ1) is 9.77. The van der Waals surface area contributed by atoms with Crippen LogP contribution in [0, 0.1) is 11.6 Å². The normalized spacial score (nSPS) is 10.1. The molecule has 0 saturated carbocycles. The quantitative estimate of drug-likeness (QED) is 0.711. The van der Waals surface area contributed by atoms with Crippen LogP contribution < -0.4 is 11.1 Å². The van der Waals surface area contributed by atoms with Gasteiger partial charge in [-0.25, -0.2) is 8.78 Å². The molecule has 0 heterocycles. The minimum atomic E-state index is -0.724. The summed E-state index contributed by atoms with van der Waals surface area (Å²) in [5.41, 5.74) is 5.67. The minimum Gasteiger partial charge on any atom is -0.395 e. The molecule has 4 heteroatoms. The van der Waals surface area contributed by atoms with Crippen LogP contribution in [0.2, 0.25) is 0 Å². The zero-order valence-electron chi connectivity index (χ0n) is 7.40. The zero-order chi connectivity index (χ0) is 9.84. The van der Waals surface area contributed by atoms with Gasteiger partial charge in [0.25, 0.3) is 0 Å². The second-order valence-corrected chi connectivity index (χ2v) is 2.78. The summed E-state index contributed by atoms with van der Waals surface area (Å²) in [5, 5.41) is 2.84. The Labute approximate surface area is 75.7 Å². The maximum absolute atomic E-state index is 12.9. The molecule has 0 spiro atoms. The number of nitrogens with two attached hydrogens (primary N) is 1. The first-order valence-electron chi connectivity index (χ1n) is 4.13. The minimum absolute atomic E-state index is 0.0325. The predicted octanol–water partition coefficient (Wildman–Crippen LogP) is 2.37. The van der Waals surface area contributed by atoms with Gasteiger partial charge in [0.2, 0.25) is 0 Å². The summed E-state index contributed by atoms with van der Waals surface area (Å²) < 4.78 is 25.6. The molecule has 0 aliphatic rings. The van der Waals surface area contributed by atoms with E-state index in [0.717, 1.165) is 12.5 Å². The lowest BCUT2D eigenvalue weighted by atomic mass is 10.2. The van der Waals surface area contributed by atoms with Crippen molar-refractivity contribution < 1.29 is 8.78 Å². The standard InChI is InChI=1S/C9H12F2N2/c1-2-3-13-8-5-6(10)4-7(11)9(8)12/h4-5,13H,2-3,12H2,1H3. The Bertz CT molecular complexity index is 300. The highest BCUT2D eigenvalue weighted by Gasteiger charge is 2.06. The molecule has 0 unspecified atom stereocenters. The topological polar surface area (TPSA) is 38.0 Å². The van der Waals surface area contributed by atoms with Crippen LogP contribution >= 0.6 is 0 Å². The van der Waals surface area contributed by atoms with E-state index in [1.165, 1.54) is 6.07 Å². The van der Waals surface area contributed by atoms with Crippen molar-refractivity contribution in [3.8, 4) is 0 Å². The van der Waals surface area contributed by atoms with Crippen molar-refractivity contribution in [3.05, 3.63) is 23.8 Å². The molecule has 1 rings (SSSR count). The summed E-state index contributed by atoms with van der Waals surface area (Å²) in [6.45, 7) is 2.60. The molecule has 1 aromatic carbocycles. The lowest BCUT2D eigenvalue weighted by Crippen LogP contribution is -2.05. The summed E-state index contributed by atoms with van der Waals surface area (Å²) in [6.07, 6.45) is 0.873. The van der Waals surface area contributed by atoms with Crippen molar-refractivity contribution in [1.29, 1.82) is 0 Å². The van der Waals surface area contributed by atoms with Gasteiger partial charge in [0.05, 0.1) is 11.4 Å². The maximum Gasteiger partial charge on any atom is 0.151 e. The third-order valence-electron chi connectivity index (χ3n) is 1.66. The van der Waals surface area contributed by atoms with E-state index in [9.17, 15) is 8.78 Å². The summed E-state index contributed by atoms with van der Waals surface area (Å²) in [5.74, 6) is -1.34. The number of rotatable bonds is 3. The second kappa shape index (κ2) is 4.07. The van der Waals surface area contributed by atoms with Gasteiger partial charge in [-0.2, -0.15) is 0 Å². The van der Waals surface area contributed by atoms with Crippen LogP contribution in [0.4, 0.5) is 20.2 Å². The summed E-state index contributed by atoms with van der Waals surface area (Å²) in [7, 11) is 0. The van der Waals surface area contributed by atoms with Gasteiger partial charge in [-0.05, 0) is 12.5 Å². The van der Waals surface area contributed by atoms with Crippen molar-refractivity contribution in [2.75, 3.05) is 17.6 Å². The molecule has 0 fully saturated rings. The Balaban J connectivity index is 2.92. The van der Waals surface area contributed by atoms with Gasteiger partial charge in [-0.15, -0.1) is 0 Å². The van der Waals surface area contributed by atoms with Crippen LogP contribution in [0.15, 0.2) is 12.1 Å². The molecule has 1 aromatic rings. The molecule has 3 N–H and O–H groups in total. The number of anilines is 2. The van der Waals surface area contributed by atoms with Crippen LogP contribution in [-0.2, 0) is 0 Å². The average molecular weight is 186 g/mol. The van der Waals surface area contributed by atoms with Gasteiger partial charge in [0, 0.05) is 12.6 Å². The smallest absolute Gasteiger partial charge is 0.151 e. The SMILES string of the molecule is CCCNc1cc(F)cc(F)c1N. The number of hydrogen-bond donors (Lipinski definition) is 2. The van der Waals surface area contributed by atoms with Crippen molar-refractivity contribution in [1.82, 2.24) is 0 Å². The molecule has 0 saturated heterocycles. The highest BCUT2D eigenvalue weighted by molar-refractivity contribution is 5.66. The van der Waals surface area contributed by atoms with E-state index in [0.29, 0.717) is 12.2 Å². The average Bonchev–Trinajstić information content (AvgIpc) is 2.09. The summed E-state index contributed by atoms with van der Waals surface area (Å²) in [4.78, 5) is 0. The Morgan fingerprint density at radius 2 is 2.08 bits per heavy atom. The van der Waals surface area contributed by atoms with E-state index in [1.807, 2.05) is 6.92 Å². The molecule has 2 nitrogen and oxygen atoms in total. The van der Waals surface area contributed by atoms with Crippen LogP contribution in [-0.4, -0.2) is 6.54 Å². The monoisotopic (exact) mass is 186 g/mol. The Morgan fingerprint density at radius 3 is 2.69 bits per heavy atom. The molecule has 0 aliphatic heterocycles. The third-order valence-corrected chi connectivity index (χ3v) is 1.66. The van der Waals surface area contributed by atoms with E-state index >= 15 is 0 Å². The van der Waals surface area contributed by atoms with E-state index in [4.69, 9.17) is 5.73 Å². The van der Waals surface area contributed by atoms with Crippen LogP contribution in [0.1, 0.15) is 13.3 Å². The fraction of sp³-hybridized carbons (Fsp3) is 0.333. The molecule has 0 atom stereocenters. The Hall–Kier alpha value is -1.32. The van der Waals surface area contributed by atoms with E-state index in [-0.39, 0.29) is 5.69 Å². The van der Waals surface area contributed by atoms with Gasteiger partial charge in [0.15, 0.2) is 5.82 Å². The van der Waals surface area contributed by atoms with Gasteiger partial charge in [-0.3, -0.25) is 0 Å². The number of nitrogen functional groups attached to an aromatic ring is 1. The van der Waals surface area contributed by atoms with Crippen LogP contribution in [0.5, 0.6) is 0 Å². The number of hydrogen-bond acceptors (Lipinski definition) is 2. The van der Waals surface area contributed by atoms with Gasteiger partial charge in [-0.1, -0.05) is 6.92 Å². The zero-order valence-corrected chi connectivity index (χ0v) is 7.40. The molecular formula is C9H12F2N2. The van der Waals surface area contributed by atoms with Crippen LogP contribution in [0.3, 0.4) is 0 Å². The highest BCUT2D eigenvalue weighted by Crippen LogP contribution is 2.22. The molecule has 0 bridgehead atoms. The predicted molar refractivity (Wildman–Crippen MR) is 49.6 cm³/mol. The molecule has 0 aromatic heterocycles. The van der Waals surface area contributed by atoms with E-state index in [2.05, 4.69) is 5.32 Å². The van der Waals surface area contributed by atoms with Crippen molar-refractivity contribution in [3.63, 3.8) is 0 Å². The lowest BCUT2D eigenvalue weighted by Gasteiger charge is -2.08. The largest absolute Gasteiger partial charge is 0.395 e. The third kappa shape index (κ3) is 2.31. The number of halogens is 2. The molecule has 72 valence electrons. The maximum atomic E-state index is 12.9. The fourth-order valence-corrected chi connectivity index (χ4v) is 0.991. The van der Waals surface area contributed by atoms with Gasteiger partial charge in [0.1, 0.15) is 5.82 Å². The van der Waals surface area contributed by atoms with Crippen LogP contribution in [0.25, 0.3) is 0 Å². The van der Waals surface area contributed by atoms with E-state index < -0.39 is 11.6 Å². The Kier molecular flexibility index (Phi) is 3.06. The van der Waals surface area contributed by atoms with Crippen molar-refractivity contribution in [2.24, 2.45) is 0 Å². The van der Waals surface area contributed by atoms with Gasteiger partial charge < -0.3 is 11.1 Å². The lowest BCUT2D eigenvalue weighted by molar-refractivity contribution is 0.587. The van der Waals surface area contributed by atoms with Crippen molar-refractivity contribution in [2.45, 2.75) is 13.3 Å².